The molecule has 2 rings (SSSR count). The number of nitrogens with one attached hydrogen (secondary N) is 1. The van der Waals surface area contributed by atoms with Gasteiger partial charge in [0.15, 0.2) is 6.61 Å². The summed E-state index contributed by atoms with van der Waals surface area (Å²) in [4.78, 5) is 23.7. The number of hydrogen-bond donors (Lipinski definition) is 1. The van der Waals surface area contributed by atoms with Crippen molar-refractivity contribution < 1.29 is 14.3 Å². The van der Waals surface area contributed by atoms with Crippen LogP contribution in [0.3, 0.4) is 0 Å². The van der Waals surface area contributed by atoms with E-state index in [1.54, 1.807) is 0 Å². The molecule has 4 nitrogen and oxygen atoms in total. The van der Waals surface area contributed by atoms with Gasteiger partial charge < -0.3 is 10.1 Å². The summed E-state index contributed by atoms with van der Waals surface area (Å²) in [5, 5.41) is 2.86. The number of carbonyl (C=O) groups excluding carboxylic acids is 2. The summed E-state index contributed by atoms with van der Waals surface area (Å²) >= 11 is 0. The van der Waals surface area contributed by atoms with E-state index in [-0.39, 0.29) is 30.9 Å². The molecule has 0 spiro atoms. The highest BCUT2D eigenvalue weighted by atomic mass is 16.5. The van der Waals surface area contributed by atoms with Gasteiger partial charge in [-0.3, -0.25) is 9.59 Å². The van der Waals surface area contributed by atoms with Crippen molar-refractivity contribution in [1.29, 1.82) is 0 Å². The van der Waals surface area contributed by atoms with Crippen LogP contribution in [0.4, 0.5) is 0 Å². The maximum Gasteiger partial charge on any atom is 0.306 e. The summed E-state index contributed by atoms with van der Waals surface area (Å²) < 4.78 is 5.05. The fourth-order valence-corrected chi connectivity index (χ4v) is 2.51. The van der Waals surface area contributed by atoms with Gasteiger partial charge in [-0.15, -0.1) is 0 Å². The van der Waals surface area contributed by atoms with Gasteiger partial charge in [0.05, 0.1) is 6.04 Å². The van der Waals surface area contributed by atoms with Crippen LogP contribution in [0.25, 0.3) is 0 Å². The van der Waals surface area contributed by atoms with Crippen molar-refractivity contribution in [2.75, 3.05) is 6.61 Å². The maximum atomic E-state index is 12.0. The van der Waals surface area contributed by atoms with Gasteiger partial charge in [0.25, 0.3) is 5.91 Å². The Morgan fingerprint density at radius 2 is 1.76 bits per heavy atom. The van der Waals surface area contributed by atoms with E-state index in [0.29, 0.717) is 6.42 Å². The van der Waals surface area contributed by atoms with Gasteiger partial charge in [-0.1, -0.05) is 48.5 Å². The SMILES string of the molecule is Cc1ccc([C@H](C)NC(=O)COC(=O)CCc2ccccc2)cc1C. The van der Waals surface area contributed by atoms with Crippen molar-refractivity contribution in [1.82, 2.24) is 5.32 Å². The average Bonchev–Trinajstić information content (AvgIpc) is 2.61. The molecule has 132 valence electrons. The molecule has 0 saturated heterocycles. The molecule has 0 heterocycles. The normalized spacial score (nSPS) is 11.6. The summed E-state index contributed by atoms with van der Waals surface area (Å²) in [5.74, 6) is -0.656. The van der Waals surface area contributed by atoms with Crippen LogP contribution in [0.1, 0.15) is 41.6 Å². The highest BCUT2D eigenvalue weighted by Crippen LogP contribution is 2.16. The molecule has 0 aliphatic carbocycles. The van der Waals surface area contributed by atoms with Gasteiger partial charge in [-0.2, -0.15) is 0 Å². The number of hydrogen-bond acceptors (Lipinski definition) is 3. The lowest BCUT2D eigenvalue weighted by Crippen LogP contribution is -2.31. The van der Waals surface area contributed by atoms with Crippen LogP contribution in [0, 0.1) is 13.8 Å². The second-order valence-electron chi connectivity index (χ2n) is 6.28. The lowest BCUT2D eigenvalue weighted by atomic mass is 10.0. The van der Waals surface area contributed by atoms with Crippen molar-refractivity contribution in [3.63, 3.8) is 0 Å². The summed E-state index contributed by atoms with van der Waals surface area (Å²) in [6.07, 6.45) is 0.879. The Bertz CT molecular complexity index is 725. The second kappa shape index (κ2) is 9.02. The molecule has 0 radical (unpaired) electrons. The van der Waals surface area contributed by atoms with Gasteiger partial charge in [0.1, 0.15) is 0 Å². The molecule has 0 fully saturated rings. The Labute approximate surface area is 149 Å². The Morgan fingerprint density at radius 3 is 2.44 bits per heavy atom. The summed E-state index contributed by atoms with van der Waals surface area (Å²) in [7, 11) is 0. The van der Waals surface area contributed by atoms with Gasteiger partial charge in [0, 0.05) is 6.42 Å². The second-order valence-corrected chi connectivity index (χ2v) is 6.28. The predicted octanol–water partition coefficient (Wildman–Crippen LogP) is 3.66. The Kier molecular flexibility index (Phi) is 6.75. The fourth-order valence-electron chi connectivity index (χ4n) is 2.51. The van der Waals surface area contributed by atoms with Gasteiger partial charge in [0.2, 0.25) is 0 Å². The molecule has 2 aromatic carbocycles. The monoisotopic (exact) mass is 339 g/mol. The molecule has 0 bridgehead atoms. The van der Waals surface area contributed by atoms with Crippen LogP contribution < -0.4 is 5.32 Å². The number of ether oxygens (including phenoxy) is 1. The first-order valence-corrected chi connectivity index (χ1v) is 8.52. The van der Waals surface area contributed by atoms with Crippen molar-refractivity contribution in [2.24, 2.45) is 0 Å². The molecule has 25 heavy (non-hydrogen) atoms. The maximum absolute atomic E-state index is 12.0. The molecule has 0 aromatic heterocycles. The van der Waals surface area contributed by atoms with E-state index in [2.05, 4.69) is 18.3 Å². The Hall–Kier alpha value is -2.62. The largest absolute Gasteiger partial charge is 0.456 e. The molecule has 0 saturated carbocycles. The summed E-state index contributed by atoms with van der Waals surface area (Å²) in [6.45, 7) is 5.77. The van der Waals surface area contributed by atoms with Crippen molar-refractivity contribution in [3.8, 4) is 0 Å². The van der Waals surface area contributed by atoms with Crippen molar-refractivity contribution in [3.05, 3.63) is 70.8 Å². The minimum Gasteiger partial charge on any atom is -0.456 e. The van der Waals surface area contributed by atoms with Crippen LogP contribution in [0.2, 0.25) is 0 Å². The van der Waals surface area contributed by atoms with E-state index < -0.39 is 0 Å². The zero-order valence-electron chi connectivity index (χ0n) is 15.0. The molecule has 4 heteroatoms. The molecule has 0 unspecified atom stereocenters. The lowest BCUT2D eigenvalue weighted by Gasteiger charge is -2.15. The molecular weight excluding hydrogens is 314 g/mol. The van der Waals surface area contributed by atoms with E-state index in [4.69, 9.17) is 4.74 Å². The first-order valence-electron chi connectivity index (χ1n) is 8.52. The molecular formula is C21H25NO3. The van der Waals surface area contributed by atoms with E-state index in [1.807, 2.05) is 56.3 Å². The van der Waals surface area contributed by atoms with Crippen LogP contribution in [-0.4, -0.2) is 18.5 Å². The predicted molar refractivity (Wildman–Crippen MR) is 98.2 cm³/mol. The van der Waals surface area contributed by atoms with E-state index >= 15 is 0 Å². The molecule has 2 aromatic rings. The van der Waals surface area contributed by atoms with Crippen molar-refractivity contribution >= 4 is 11.9 Å². The zero-order valence-corrected chi connectivity index (χ0v) is 15.0. The highest BCUT2D eigenvalue weighted by Gasteiger charge is 2.12. The quantitative estimate of drug-likeness (QED) is 0.783. The molecule has 1 amide bonds. The lowest BCUT2D eigenvalue weighted by molar-refractivity contribution is -0.148. The third kappa shape index (κ3) is 6.07. The minimum absolute atomic E-state index is 0.130. The van der Waals surface area contributed by atoms with Gasteiger partial charge >= 0.3 is 5.97 Å². The number of rotatable bonds is 7. The number of aryl methyl sites for hydroxylation is 3. The van der Waals surface area contributed by atoms with Crippen LogP contribution >= 0.6 is 0 Å². The average molecular weight is 339 g/mol. The molecule has 1 atom stereocenters. The number of carbonyl (C=O) groups is 2. The van der Waals surface area contributed by atoms with Crippen molar-refractivity contribution in [2.45, 2.75) is 39.7 Å². The smallest absolute Gasteiger partial charge is 0.306 e. The summed E-state index contributed by atoms with van der Waals surface area (Å²) in [6, 6.07) is 15.7. The molecule has 0 aliphatic heterocycles. The number of benzene rings is 2. The summed E-state index contributed by atoms with van der Waals surface area (Å²) in [5.41, 5.74) is 4.51. The third-order valence-electron chi connectivity index (χ3n) is 4.23. The highest BCUT2D eigenvalue weighted by molar-refractivity contribution is 5.80. The van der Waals surface area contributed by atoms with Crippen LogP contribution in [-0.2, 0) is 20.7 Å². The van der Waals surface area contributed by atoms with Gasteiger partial charge in [-0.25, -0.2) is 0 Å². The third-order valence-corrected chi connectivity index (χ3v) is 4.23. The topological polar surface area (TPSA) is 55.4 Å². The molecule has 1 N–H and O–H groups in total. The zero-order chi connectivity index (χ0) is 18.2. The Balaban J connectivity index is 1.74. The first-order chi connectivity index (χ1) is 12.0. The van der Waals surface area contributed by atoms with Crippen LogP contribution in [0.15, 0.2) is 48.5 Å². The first kappa shape index (κ1) is 18.7. The van der Waals surface area contributed by atoms with E-state index in [1.165, 1.54) is 11.1 Å². The van der Waals surface area contributed by atoms with E-state index in [9.17, 15) is 9.59 Å². The fraction of sp³-hybridized carbons (Fsp3) is 0.333. The van der Waals surface area contributed by atoms with Crippen LogP contribution in [0.5, 0.6) is 0 Å². The number of amides is 1. The standard InChI is InChI=1S/C21H25NO3/c1-15-9-11-19(13-16(15)2)17(3)22-20(23)14-25-21(24)12-10-18-7-5-4-6-8-18/h4-9,11,13,17H,10,12,14H2,1-3H3,(H,22,23)/t17-/m0/s1. The number of esters is 1. The minimum atomic E-state index is -0.363. The van der Waals surface area contributed by atoms with Gasteiger partial charge in [-0.05, 0) is 49.4 Å². The Morgan fingerprint density at radius 1 is 1.04 bits per heavy atom. The van der Waals surface area contributed by atoms with E-state index in [0.717, 1.165) is 11.1 Å². The molecule has 0 aliphatic rings.